The third-order valence-electron chi connectivity index (χ3n) is 4.25. The smallest absolute Gasteiger partial charge is 0.141 e. The molecule has 5 nitrogen and oxygen atoms in total. The highest BCUT2D eigenvalue weighted by molar-refractivity contribution is 6.30. The van der Waals surface area contributed by atoms with Crippen molar-refractivity contribution in [3.05, 3.63) is 40.9 Å². The number of halogens is 2. The van der Waals surface area contributed by atoms with Crippen molar-refractivity contribution in [3.8, 4) is 5.69 Å². The quantitative estimate of drug-likeness (QED) is 0.931. The van der Waals surface area contributed by atoms with Crippen molar-refractivity contribution in [3.63, 3.8) is 0 Å². The van der Waals surface area contributed by atoms with Crippen LogP contribution in [0.15, 0.2) is 24.4 Å². The predicted molar refractivity (Wildman–Crippen MR) is 86.1 cm³/mol. The third kappa shape index (κ3) is 3.54. The van der Waals surface area contributed by atoms with E-state index in [0.717, 1.165) is 25.1 Å². The van der Waals surface area contributed by atoms with Gasteiger partial charge in [-0.05, 0) is 51.4 Å². The Balaban J connectivity index is 1.76. The first-order valence-corrected chi connectivity index (χ1v) is 8.05. The number of rotatable bonds is 4. The van der Waals surface area contributed by atoms with E-state index in [9.17, 15) is 9.50 Å². The first kappa shape index (κ1) is 16.4. The molecule has 0 amide bonds. The fourth-order valence-corrected chi connectivity index (χ4v) is 3.32. The Hall–Kier alpha value is -1.50. The maximum atomic E-state index is 13.2. The van der Waals surface area contributed by atoms with Gasteiger partial charge in [0.1, 0.15) is 5.82 Å². The average Bonchev–Trinajstić information content (AvgIpc) is 3.11. The molecule has 1 unspecified atom stereocenters. The molecule has 0 saturated carbocycles. The van der Waals surface area contributed by atoms with Gasteiger partial charge in [0.05, 0.1) is 28.2 Å². The lowest BCUT2D eigenvalue weighted by Crippen LogP contribution is -2.45. The van der Waals surface area contributed by atoms with Crippen molar-refractivity contribution in [2.45, 2.75) is 44.9 Å². The van der Waals surface area contributed by atoms with Gasteiger partial charge >= 0.3 is 0 Å². The molecule has 1 aliphatic rings. The fraction of sp³-hybridized carbons (Fsp3) is 0.500. The van der Waals surface area contributed by atoms with E-state index in [1.165, 1.54) is 12.1 Å². The van der Waals surface area contributed by atoms with Crippen LogP contribution in [0.3, 0.4) is 0 Å². The van der Waals surface area contributed by atoms with E-state index in [4.69, 9.17) is 11.6 Å². The summed E-state index contributed by atoms with van der Waals surface area (Å²) in [5.41, 5.74) is 0.731. The highest BCUT2D eigenvalue weighted by Gasteiger charge is 2.35. The molecule has 0 bridgehead atoms. The zero-order valence-corrected chi connectivity index (χ0v) is 14.0. The summed E-state index contributed by atoms with van der Waals surface area (Å²) in [6, 6.07) is 4.55. The van der Waals surface area contributed by atoms with Gasteiger partial charge < -0.3 is 5.11 Å². The van der Waals surface area contributed by atoms with Crippen molar-refractivity contribution < 1.29 is 9.50 Å². The number of benzene rings is 1. The summed E-state index contributed by atoms with van der Waals surface area (Å²) >= 11 is 5.80. The fourth-order valence-electron chi connectivity index (χ4n) is 3.15. The van der Waals surface area contributed by atoms with Gasteiger partial charge in [-0.1, -0.05) is 16.8 Å². The predicted octanol–water partition coefficient (Wildman–Crippen LogP) is 2.80. The second-order valence-electron chi connectivity index (χ2n) is 6.54. The lowest BCUT2D eigenvalue weighted by Gasteiger charge is -2.33. The maximum absolute atomic E-state index is 13.2. The van der Waals surface area contributed by atoms with E-state index in [-0.39, 0.29) is 11.1 Å². The minimum Gasteiger partial charge on any atom is -0.389 e. The van der Waals surface area contributed by atoms with Crippen LogP contribution in [-0.4, -0.2) is 43.2 Å². The van der Waals surface area contributed by atoms with E-state index in [0.29, 0.717) is 12.2 Å². The number of hydrogen-bond acceptors (Lipinski definition) is 4. The number of likely N-dealkylation sites (tertiary alicyclic amines) is 1. The second kappa shape index (κ2) is 6.19. The second-order valence-corrected chi connectivity index (χ2v) is 6.94. The normalized spacial score (nSPS) is 19.4. The third-order valence-corrected chi connectivity index (χ3v) is 4.54. The molecular weight excluding hydrogens is 319 g/mol. The van der Waals surface area contributed by atoms with Gasteiger partial charge in [-0.15, -0.1) is 5.10 Å². The van der Waals surface area contributed by atoms with Crippen molar-refractivity contribution in [2.75, 3.05) is 6.54 Å². The zero-order valence-electron chi connectivity index (χ0n) is 13.2. The molecule has 7 heteroatoms. The Labute approximate surface area is 139 Å². The van der Waals surface area contributed by atoms with E-state index < -0.39 is 11.4 Å². The Morgan fingerprint density at radius 1 is 1.43 bits per heavy atom. The van der Waals surface area contributed by atoms with Crippen LogP contribution in [-0.2, 0) is 6.54 Å². The van der Waals surface area contributed by atoms with E-state index in [1.54, 1.807) is 10.7 Å². The molecule has 124 valence electrons. The summed E-state index contributed by atoms with van der Waals surface area (Å²) < 4.78 is 14.8. The first-order chi connectivity index (χ1) is 10.8. The standard InChI is InChI=1S/C16H20ClFN4O/c1-16(2,23)15-4-3-7-21(15)9-11-10-22(20-19-11)12-5-6-14(18)13(17)8-12/h5-6,8,10,15,23H,3-4,7,9H2,1-2H3. The maximum Gasteiger partial charge on any atom is 0.141 e. The Kier molecular flexibility index (Phi) is 4.40. The van der Waals surface area contributed by atoms with Crippen molar-refractivity contribution in [2.24, 2.45) is 0 Å². The van der Waals surface area contributed by atoms with Crippen LogP contribution in [0.4, 0.5) is 4.39 Å². The molecule has 2 aromatic rings. The molecule has 0 radical (unpaired) electrons. The van der Waals surface area contributed by atoms with E-state index in [2.05, 4.69) is 15.2 Å². The van der Waals surface area contributed by atoms with Crippen LogP contribution in [0.25, 0.3) is 5.69 Å². The van der Waals surface area contributed by atoms with Gasteiger partial charge in [0.2, 0.25) is 0 Å². The van der Waals surface area contributed by atoms with Gasteiger partial charge in [-0.2, -0.15) is 0 Å². The Morgan fingerprint density at radius 2 is 2.22 bits per heavy atom. The van der Waals surface area contributed by atoms with Gasteiger partial charge in [-0.25, -0.2) is 9.07 Å². The first-order valence-electron chi connectivity index (χ1n) is 7.67. The SMILES string of the molecule is CC(C)(O)C1CCCN1Cc1cn(-c2ccc(F)c(Cl)c2)nn1. The van der Waals surface area contributed by atoms with Crippen LogP contribution in [0.1, 0.15) is 32.4 Å². The monoisotopic (exact) mass is 338 g/mol. The van der Waals surface area contributed by atoms with Gasteiger partial charge in [0.15, 0.2) is 0 Å². The van der Waals surface area contributed by atoms with Crippen molar-refractivity contribution in [1.29, 1.82) is 0 Å². The van der Waals surface area contributed by atoms with Crippen LogP contribution >= 0.6 is 11.6 Å². The number of hydrogen-bond donors (Lipinski definition) is 1. The van der Waals surface area contributed by atoms with Crippen LogP contribution in [0.5, 0.6) is 0 Å². The molecule has 0 spiro atoms. The highest BCUT2D eigenvalue weighted by Crippen LogP contribution is 2.28. The molecule has 1 aliphatic heterocycles. The molecular formula is C16H20ClFN4O. The number of nitrogens with zero attached hydrogens (tertiary/aromatic N) is 4. The van der Waals surface area contributed by atoms with Crippen LogP contribution < -0.4 is 0 Å². The van der Waals surface area contributed by atoms with Gasteiger partial charge in [0.25, 0.3) is 0 Å². The lowest BCUT2D eigenvalue weighted by molar-refractivity contribution is -0.00537. The van der Waals surface area contributed by atoms with Gasteiger partial charge in [0, 0.05) is 12.6 Å². The summed E-state index contributed by atoms with van der Waals surface area (Å²) in [6.07, 6.45) is 3.85. The minimum atomic E-state index is -0.739. The summed E-state index contributed by atoms with van der Waals surface area (Å²) in [7, 11) is 0. The summed E-state index contributed by atoms with van der Waals surface area (Å²) in [6.45, 7) is 5.24. The average molecular weight is 339 g/mol. The Bertz CT molecular complexity index is 698. The summed E-state index contributed by atoms with van der Waals surface area (Å²) in [5, 5.41) is 18.6. The molecule has 23 heavy (non-hydrogen) atoms. The Morgan fingerprint density at radius 3 is 2.91 bits per heavy atom. The molecule has 0 aliphatic carbocycles. The summed E-state index contributed by atoms with van der Waals surface area (Å²) in [4.78, 5) is 2.23. The molecule has 1 N–H and O–H groups in total. The summed E-state index contributed by atoms with van der Waals surface area (Å²) in [5.74, 6) is -0.458. The lowest BCUT2D eigenvalue weighted by atomic mass is 9.96. The molecule has 1 saturated heterocycles. The van der Waals surface area contributed by atoms with Crippen molar-refractivity contribution in [1.82, 2.24) is 19.9 Å². The number of aromatic nitrogens is 3. The molecule has 1 fully saturated rings. The van der Waals surface area contributed by atoms with Crippen LogP contribution in [0.2, 0.25) is 5.02 Å². The van der Waals surface area contributed by atoms with Gasteiger partial charge in [-0.3, -0.25) is 4.90 Å². The largest absolute Gasteiger partial charge is 0.389 e. The number of aliphatic hydroxyl groups is 1. The molecule has 1 aromatic carbocycles. The van der Waals surface area contributed by atoms with E-state index in [1.807, 2.05) is 20.0 Å². The molecule has 1 atom stereocenters. The topological polar surface area (TPSA) is 54.2 Å². The van der Waals surface area contributed by atoms with Crippen LogP contribution in [0, 0.1) is 5.82 Å². The highest BCUT2D eigenvalue weighted by atomic mass is 35.5. The minimum absolute atomic E-state index is 0.0567. The van der Waals surface area contributed by atoms with E-state index >= 15 is 0 Å². The molecule has 1 aromatic heterocycles. The van der Waals surface area contributed by atoms with Crippen molar-refractivity contribution >= 4 is 11.6 Å². The zero-order chi connectivity index (χ0) is 16.6. The molecule has 3 rings (SSSR count). The molecule has 2 heterocycles.